The summed E-state index contributed by atoms with van der Waals surface area (Å²) < 4.78 is 10.7. The highest BCUT2D eigenvalue weighted by atomic mass is 16.7. The number of hydrogen-bond donors (Lipinski definition) is 1. The molecular formula is C17H24N2O3. The van der Waals surface area contributed by atoms with Gasteiger partial charge in [0.15, 0.2) is 11.5 Å². The van der Waals surface area contributed by atoms with E-state index in [1.54, 1.807) is 0 Å². The lowest BCUT2D eigenvalue weighted by molar-refractivity contribution is -0.132. The molecule has 3 rings (SSSR count). The van der Waals surface area contributed by atoms with Crippen LogP contribution in [-0.2, 0) is 11.3 Å². The lowest BCUT2D eigenvalue weighted by Gasteiger charge is -2.36. The van der Waals surface area contributed by atoms with Gasteiger partial charge in [-0.2, -0.15) is 0 Å². The molecule has 0 aliphatic carbocycles. The van der Waals surface area contributed by atoms with Crippen molar-refractivity contribution < 1.29 is 14.3 Å². The number of benzene rings is 1. The molecule has 2 heterocycles. The van der Waals surface area contributed by atoms with E-state index < -0.39 is 5.54 Å². The summed E-state index contributed by atoms with van der Waals surface area (Å²) in [5, 5.41) is 3.08. The van der Waals surface area contributed by atoms with Crippen molar-refractivity contribution in [1.82, 2.24) is 10.2 Å². The second-order valence-electron chi connectivity index (χ2n) is 6.38. The average Bonchev–Trinajstić information content (AvgIpc) is 2.92. The molecule has 120 valence electrons. The van der Waals surface area contributed by atoms with Crippen LogP contribution in [0.15, 0.2) is 18.2 Å². The summed E-state index contributed by atoms with van der Waals surface area (Å²) in [5.41, 5.74) is 0.616. The highest BCUT2D eigenvalue weighted by molar-refractivity contribution is 5.85. The van der Waals surface area contributed by atoms with Gasteiger partial charge in [0.1, 0.15) is 0 Å². The number of rotatable bonds is 3. The molecule has 5 heteroatoms. The van der Waals surface area contributed by atoms with Crippen molar-refractivity contribution in [2.24, 2.45) is 0 Å². The molecule has 1 unspecified atom stereocenters. The fourth-order valence-electron chi connectivity index (χ4n) is 3.14. The predicted octanol–water partition coefficient (Wildman–Crippen LogP) is 2.30. The molecule has 1 amide bonds. The predicted molar refractivity (Wildman–Crippen MR) is 83.9 cm³/mol. The highest BCUT2D eigenvalue weighted by Crippen LogP contribution is 2.32. The summed E-state index contributed by atoms with van der Waals surface area (Å²) in [5.74, 6) is 1.63. The van der Waals surface area contributed by atoms with E-state index in [1.165, 1.54) is 12.8 Å². The van der Waals surface area contributed by atoms with Crippen molar-refractivity contribution in [2.75, 3.05) is 20.4 Å². The van der Waals surface area contributed by atoms with Gasteiger partial charge in [0.05, 0.1) is 5.54 Å². The van der Waals surface area contributed by atoms with Crippen LogP contribution < -0.4 is 14.8 Å². The third-order valence-electron chi connectivity index (χ3n) is 4.88. The Morgan fingerprint density at radius 2 is 2.09 bits per heavy atom. The normalized spacial score (nSPS) is 24.8. The minimum Gasteiger partial charge on any atom is -0.454 e. The highest BCUT2D eigenvalue weighted by Gasteiger charge is 2.37. The summed E-state index contributed by atoms with van der Waals surface area (Å²) in [6.45, 7) is 3.81. The number of amides is 1. The summed E-state index contributed by atoms with van der Waals surface area (Å²) >= 11 is 0. The molecule has 0 aromatic heterocycles. The van der Waals surface area contributed by atoms with Crippen molar-refractivity contribution in [3.63, 3.8) is 0 Å². The van der Waals surface area contributed by atoms with Crippen molar-refractivity contribution in [2.45, 2.75) is 44.7 Å². The van der Waals surface area contributed by atoms with Gasteiger partial charge in [-0.05, 0) is 51.1 Å². The van der Waals surface area contributed by atoms with Gasteiger partial charge in [-0.1, -0.05) is 18.9 Å². The molecule has 0 saturated carbocycles. The molecule has 0 bridgehead atoms. The fourth-order valence-corrected chi connectivity index (χ4v) is 3.14. The van der Waals surface area contributed by atoms with E-state index in [0.29, 0.717) is 6.54 Å². The van der Waals surface area contributed by atoms with Gasteiger partial charge < -0.3 is 14.8 Å². The standard InChI is InChI=1S/C17H24N2O3/c1-17(8-4-3-5-9-19(17)2)16(20)18-11-13-6-7-14-15(10-13)22-12-21-14/h6-7,10H,3-5,8-9,11-12H2,1-2H3,(H,18,20). The number of fused-ring (bicyclic) bond motifs is 1. The number of nitrogens with zero attached hydrogens (tertiary/aromatic N) is 1. The largest absolute Gasteiger partial charge is 0.454 e. The zero-order chi connectivity index (χ0) is 15.6. The Balaban J connectivity index is 1.64. The molecular weight excluding hydrogens is 280 g/mol. The third kappa shape index (κ3) is 2.90. The van der Waals surface area contributed by atoms with E-state index in [-0.39, 0.29) is 12.7 Å². The number of carbonyl (C=O) groups is 1. The molecule has 5 nitrogen and oxygen atoms in total. The monoisotopic (exact) mass is 304 g/mol. The zero-order valence-corrected chi connectivity index (χ0v) is 13.4. The van der Waals surface area contributed by atoms with E-state index in [0.717, 1.165) is 36.4 Å². The number of nitrogens with one attached hydrogen (secondary N) is 1. The molecule has 0 radical (unpaired) electrons. The Kier molecular flexibility index (Phi) is 4.25. The van der Waals surface area contributed by atoms with Crippen LogP contribution in [0.1, 0.15) is 38.2 Å². The van der Waals surface area contributed by atoms with Gasteiger partial charge in [-0.15, -0.1) is 0 Å². The van der Waals surface area contributed by atoms with E-state index in [4.69, 9.17) is 9.47 Å². The van der Waals surface area contributed by atoms with Crippen molar-refractivity contribution in [3.8, 4) is 11.5 Å². The molecule has 1 atom stereocenters. The Bertz CT molecular complexity index is 561. The van der Waals surface area contributed by atoms with Gasteiger partial charge in [-0.25, -0.2) is 0 Å². The number of likely N-dealkylation sites (N-methyl/N-ethyl adjacent to an activating group) is 1. The Hall–Kier alpha value is -1.75. The number of carbonyl (C=O) groups excluding carboxylic acids is 1. The first-order valence-corrected chi connectivity index (χ1v) is 7.98. The number of hydrogen-bond acceptors (Lipinski definition) is 4. The second-order valence-corrected chi connectivity index (χ2v) is 6.38. The second kappa shape index (κ2) is 6.16. The van der Waals surface area contributed by atoms with Gasteiger partial charge in [0.25, 0.3) is 0 Å². The lowest BCUT2D eigenvalue weighted by Crippen LogP contribution is -2.54. The molecule has 2 aliphatic rings. The smallest absolute Gasteiger partial charge is 0.240 e. The van der Waals surface area contributed by atoms with E-state index in [2.05, 4.69) is 10.2 Å². The van der Waals surface area contributed by atoms with Crippen LogP contribution in [0.25, 0.3) is 0 Å². The number of likely N-dealkylation sites (tertiary alicyclic amines) is 1. The average molecular weight is 304 g/mol. The minimum absolute atomic E-state index is 0.106. The van der Waals surface area contributed by atoms with Crippen LogP contribution in [-0.4, -0.2) is 36.7 Å². The first-order chi connectivity index (χ1) is 10.6. The molecule has 1 fully saturated rings. The summed E-state index contributed by atoms with van der Waals surface area (Å²) in [6, 6.07) is 5.79. The maximum atomic E-state index is 12.7. The van der Waals surface area contributed by atoms with Crippen molar-refractivity contribution in [3.05, 3.63) is 23.8 Å². The molecule has 0 spiro atoms. The first kappa shape index (κ1) is 15.2. The molecule has 22 heavy (non-hydrogen) atoms. The van der Waals surface area contributed by atoms with Gasteiger partial charge >= 0.3 is 0 Å². The fraction of sp³-hybridized carbons (Fsp3) is 0.588. The van der Waals surface area contributed by atoms with Crippen LogP contribution in [0.5, 0.6) is 11.5 Å². The Morgan fingerprint density at radius 3 is 2.95 bits per heavy atom. The van der Waals surface area contributed by atoms with E-state index >= 15 is 0 Å². The SMILES string of the molecule is CN1CCCCCC1(C)C(=O)NCc1ccc2c(c1)OCO2. The van der Waals surface area contributed by atoms with Gasteiger partial charge in [-0.3, -0.25) is 9.69 Å². The molecule has 1 aromatic rings. The maximum absolute atomic E-state index is 12.7. The van der Waals surface area contributed by atoms with Crippen LogP contribution >= 0.6 is 0 Å². The van der Waals surface area contributed by atoms with Crippen LogP contribution in [0.4, 0.5) is 0 Å². The molecule has 2 aliphatic heterocycles. The summed E-state index contributed by atoms with van der Waals surface area (Å²) in [4.78, 5) is 14.9. The Morgan fingerprint density at radius 1 is 1.27 bits per heavy atom. The maximum Gasteiger partial charge on any atom is 0.240 e. The van der Waals surface area contributed by atoms with Crippen LogP contribution in [0, 0.1) is 0 Å². The van der Waals surface area contributed by atoms with E-state index in [9.17, 15) is 4.79 Å². The van der Waals surface area contributed by atoms with Crippen LogP contribution in [0.3, 0.4) is 0 Å². The van der Waals surface area contributed by atoms with E-state index in [1.807, 2.05) is 32.2 Å². The lowest BCUT2D eigenvalue weighted by atomic mass is 9.93. The van der Waals surface area contributed by atoms with Crippen molar-refractivity contribution >= 4 is 5.91 Å². The molecule has 1 saturated heterocycles. The minimum atomic E-state index is -0.410. The molecule has 1 aromatic carbocycles. The topological polar surface area (TPSA) is 50.8 Å². The van der Waals surface area contributed by atoms with Crippen LogP contribution in [0.2, 0.25) is 0 Å². The molecule has 1 N–H and O–H groups in total. The van der Waals surface area contributed by atoms with Gasteiger partial charge in [0, 0.05) is 6.54 Å². The zero-order valence-electron chi connectivity index (χ0n) is 13.4. The third-order valence-corrected chi connectivity index (χ3v) is 4.88. The summed E-state index contributed by atoms with van der Waals surface area (Å²) in [7, 11) is 2.05. The van der Waals surface area contributed by atoms with Gasteiger partial charge in [0.2, 0.25) is 12.7 Å². The first-order valence-electron chi connectivity index (χ1n) is 7.98. The quantitative estimate of drug-likeness (QED) is 0.931. The summed E-state index contributed by atoms with van der Waals surface area (Å²) in [6.07, 6.45) is 4.39. The number of ether oxygens (including phenoxy) is 2. The Labute approximate surface area is 131 Å². The van der Waals surface area contributed by atoms with Crippen molar-refractivity contribution in [1.29, 1.82) is 0 Å².